The first-order chi connectivity index (χ1) is 15.7. The summed E-state index contributed by atoms with van der Waals surface area (Å²) in [5, 5.41) is 7.53. The number of aromatic nitrogens is 1. The van der Waals surface area contributed by atoms with E-state index >= 15 is 0 Å². The molecule has 5 rings (SSSR count). The van der Waals surface area contributed by atoms with Crippen LogP contribution in [0.4, 0.5) is 5.69 Å². The first kappa shape index (κ1) is 20.7. The molecule has 3 heterocycles. The average molecular weight is 434 g/mol. The van der Waals surface area contributed by atoms with Crippen LogP contribution < -0.4 is 20.1 Å². The fourth-order valence-electron chi connectivity index (χ4n) is 4.14. The Labute approximate surface area is 187 Å². The van der Waals surface area contributed by atoms with E-state index in [1.807, 2.05) is 55.5 Å². The van der Waals surface area contributed by atoms with Gasteiger partial charge in [-0.05, 0) is 49.6 Å². The van der Waals surface area contributed by atoms with Crippen molar-refractivity contribution in [1.82, 2.24) is 10.3 Å². The Morgan fingerprint density at radius 3 is 2.78 bits per heavy atom. The summed E-state index contributed by atoms with van der Waals surface area (Å²) in [7, 11) is 0. The summed E-state index contributed by atoms with van der Waals surface area (Å²) in [5.74, 6) is 1.47. The number of pyridine rings is 1. The van der Waals surface area contributed by atoms with E-state index in [1.165, 1.54) is 0 Å². The van der Waals surface area contributed by atoms with Gasteiger partial charge in [0, 0.05) is 23.7 Å². The van der Waals surface area contributed by atoms with E-state index in [0.29, 0.717) is 32.8 Å². The largest absolute Gasteiger partial charge is 0.486 e. The number of hydrogen-bond acceptors (Lipinski definition) is 6. The lowest BCUT2D eigenvalue weighted by molar-refractivity contribution is -0.131. The first-order valence-electron chi connectivity index (χ1n) is 11.1. The van der Waals surface area contributed by atoms with Crippen molar-refractivity contribution in [3.63, 3.8) is 0 Å². The van der Waals surface area contributed by atoms with Crippen molar-refractivity contribution in [3.05, 3.63) is 59.8 Å². The topological polar surface area (TPSA) is 81.7 Å². The summed E-state index contributed by atoms with van der Waals surface area (Å²) in [6.07, 6.45) is 1.08. The number of amides is 1. The fraction of sp³-hybridized carbons (Fsp3) is 0.360. The number of benzene rings is 2. The van der Waals surface area contributed by atoms with E-state index in [0.717, 1.165) is 45.8 Å². The monoisotopic (exact) mass is 433 g/mol. The lowest BCUT2D eigenvalue weighted by Gasteiger charge is -2.29. The van der Waals surface area contributed by atoms with Crippen LogP contribution in [0.1, 0.15) is 24.1 Å². The quantitative estimate of drug-likeness (QED) is 0.640. The van der Waals surface area contributed by atoms with E-state index in [4.69, 9.17) is 14.2 Å². The molecule has 0 unspecified atom stereocenters. The molecular formula is C25H27N3O4. The highest BCUT2D eigenvalue weighted by molar-refractivity contribution is 6.02. The predicted octanol–water partition coefficient (Wildman–Crippen LogP) is 3.59. The second-order valence-corrected chi connectivity index (χ2v) is 8.27. The molecule has 2 N–H and O–H groups in total. The lowest BCUT2D eigenvalue weighted by atomic mass is 10.0. The first-order valence-corrected chi connectivity index (χ1v) is 11.1. The van der Waals surface area contributed by atoms with Gasteiger partial charge >= 0.3 is 0 Å². The van der Waals surface area contributed by atoms with Crippen molar-refractivity contribution < 1.29 is 19.0 Å². The fourth-order valence-corrected chi connectivity index (χ4v) is 4.14. The maximum Gasteiger partial charge on any atom is 0.253 e. The van der Waals surface area contributed by atoms with Crippen molar-refractivity contribution in [3.8, 4) is 11.5 Å². The normalized spacial score (nSPS) is 20.2. The number of aryl methyl sites for hydroxylation is 1. The molecule has 2 aromatic carbocycles. The van der Waals surface area contributed by atoms with Gasteiger partial charge in [0.25, 0.3) is 5.91 Å². The maximum absolute atomic E-state index is 12.8. The predicted molar refractivity (Wildman–Crippen MR) is 122 cm³/mol. The van der Waals surface area contributed by atoms with Crippen LogP contribution in [0.25, 0.3) is 10.9 Å². The van der Waals surface area contributed by atoms with Crippen LogP contribution in [0.3, 0.4) is 0 Å². The van der Waals surface area contributed by atoms with E-state index < -0.39 is 6.10 Å². The molecule has 0 saturated carbocycles. The third kappa shape index (κ3) is 4.54. The van der Waals surface area contributed by atoms with Gasteiger partial charge in [0.2, 0.25) is 0 Å². The summed E-state index contributed by atoms with van der Waals surface area (Å²) in [6, 6.07) is 16.0. The molecular weight excluding hydrogens is 406 g/mol. The van der Waals surface area contributed by atoms with Crippen LogP contribution in [0.5, 0.6) is 11.5 Å². The molecule has 0 radical (unpaired) electrons. The van der Waals surface area contributed by atoms with Crippen molar-refractivity contribution in [2.45, 2.75) is 38.5 Å². The number of anilines is 1. The second-order valence-electron chi connectivity index (χ2n) is 8.27. The number of nitrogens with one attached hydrogen (secondary N) is 2. The standard InChI is InChI=1S/C25H27N3O4/c1-16-5-7-18-3-2-4-20(24(18)27-16)28-25(29)22-10-8-19(15-32-22)26-14-17-6-9-21-23(13-17)31-12-11-30-21/h2-7,9,13,19,22,26H,8,10-12,14-15H2,1H3,(H,28,29)/t19-,22+/m1/s1. The van der Waals surface area contributed by atoms with E-state index in [2.05, 4.69) is 15.6 Å². The van der Waals surface area contributed by atoms with Gasteiger partial charge in [-0.3, -0.25) is 9.78 Å². The molecule has 7 nitrogen and oxygen atoms in total. The van der Waals surface area contributed by atoms with Gasteiger partial charge in [-0.2, -0.15) is 0 Å². The number of ether oxygens (including phenoxy) is 3. The van der Waals surface area contributed by atoms with Gasteiger partial charge in [-0.1, -0.05) is 24.3 Å². The number of carbonyl (C=O) groups is 1. The minimum atomic E-state index is -0.456. The molecule has 0 aliphatic carbocycles. The van der Waals surface area contributed by atoms with Gasteiger partial charge in [-0.15, -0.1) is 0 Å². The molecule has 32 heavy (non-hydrogen) atoms. The zero-order chi connectivity index (χ0) is 21.9. The molecule has 1 fully saturated rings. The number of fused-ring (bicyclic) bond motifs is 2. The summed E-state index contributed by atoms with van der Waals surface area (Å²) < 4.78 is 17.1. The number of rotatable bonds is 5. The number of hydrogen-bond donors (Lipinski definition) is 2. The van der Waals surface area contributed by atoms with Gasteiger partial charge < -0.3 is 24.8 Å². The SMILES string of the molecule is Cc1ccc2cccc(NC(=O)[C@@H]3CC[C@@H](NCc4ccc5c(c4)OCCO5)CO3)c2n1. The Hall–Kier alpha value is -3.16. The number of para-hydroxylation sites is 1. The molecule has 0 bridgehead atoms. The molecule has 0 spiro atoms. The molecule has 1 saturated heterocycles. The molecule has 2 atom stereocenters. The molecule has 7 heteroatoms. The maximum atomic E-state index is 12.8. The van der Waals surface area contributed by atoms with Gasteiger partial charge in [0.1, 0.15) is 19.3 Å². The van der Waals surface area contributed by atoms with Crippen LogP contribution in [0.15, 0.2) is 48.5 Å². The number of nitrogens with zero attached hydrogens (tertiary/aromatic N) is 1. The summed E-state index contributed by atoms with van der Waals surface area (Å²) in [5.41, 5.74) is 3.57. The van der Waals surface area contributed by atoms with Crippen molar-refractivity contribution in [1.29, 1.82) is 0 Å². The Kier molecular flexibility index (Phi) is 5.92. The molecule has 1 amide bonds. The van der Waals surface area contributed by atoms with E-state index in [9.17, 15) is 4.79 Å². The van der Waals surface area contributed by atoms with E-state index in [1.54, 1.807) is 0 Å². The summed E-state index contributed by atoms with van der Waals surface area (Å²) >= 11 is 0. The van der Waals surface area contributed by atoms with Crippen LogP contribution in [0, 0.1) is 6.92 Å². The van der Waals surface area contributed by atoms with Crippen molar-refractivity contribution in [2.75, 3.05) is 25.1 Å². The molecule has 3 aromatic rings. The third-order valence-electron chi connectivity index (χ3n) is 5.89. The molecule has 1 aromatic heterocycles. The Morgan fingerprint density at radius 2 is 1.94 bits per heavy atom. The zero-order valence-electron chi connectivity index (χ0n) is 18.1. The van der Waals surface area contributed by atoms with E-state index in [-0.39, 0.29) is 11.9 Å². The highest BCUT2D eigenvalue weighted by Gasteiger charge is 2.27. The van der Waals surface area contributed by atoms with Crippen molar-refractivity contribution in [2.24, 2.45) is 0 Å². The Morgan fingerprint density at radius 1 is 1.06 bits per heavy atom. The minimum Gasteiger partial charge on any atom is -0.486 e. The van der Waals surface area contributed by atoms with Crippen LogP contribution >= 0.6 is 0 Å². The Balaban J connectivity index is 1.14. The Bertz CT molecular complexity index is 1130. The van der Waals surface area contributed by atoms with Crippen LogP contribution in [-0.4, -0.2) is 42.9 Å². The average Bonchev–Trinajstić information content (AvgIpc) is 2.83. The highest BCUT2D eigenvalue weighted by Crippen LogP contribution is 2.31. The summed E-state index contributed by atoms with van der Waals surface area (Å²) in [6.45, 7) is 4.33. The lowest BCUT2D eigenvalue weighted by Crippen LogP contribution is -2.43. The number of carbonyl (C=O) groups excluding carboxylic acids is 1. The van der Waals surface area contributed by atoms with Gasteiger partial charge in [0.15, 0.2) is 11.5 Å². The van der Waals surface area contributed by atoms with Crippen molar-refractivity contribution >= 4 is 22.5 Å². The van der Waals surface area contributed by atoms with Gasteiger partial charge in [0.05, 0.1) is 17.8 Å². The molecule has 166 valence electrons. The van der Waals surface area contributed by atoms with Crippen LogP contribution in [0.2, 0.25) is 0 Å². The third-order valence-corrected chi connectivity index (χ3v) is 5.89. The second kappa shape index (κ2) is 9.14. The minimum absolute atomic E-state index is 0.119. The highest BCUT2D eigenvalue weighted by atomic mass is 16.6. The van der Waals surface area contributed by atoms with Crippen LogP contribution in [-0.2, 0) is 16.1 Å². The molecule has 2 aliphatic heterocycles. The summed E-state index contributed by atoms with van der Waals surface area (Å²) in [4.78, 5) is 17.4. The zero-order valence-corrected chi connectivity index (χ0v) is 18.1. The molecule has 2 aliphatic rings. The van der Waals surface area contributed by atoms with Gasteiger partial charge in [-0.25, -0.2) is 0 Å². The smallest absolute Gasteiger partial charge is 0.253 e.